The summed E-state index contributed by atoms with van der Waals surface area (Å²) in [4.78, 5) is 14.1. The van der Waals surface area contributed by atoms with Gasteiger partial charge >= 0.3 is 0 Å². The molecule has 0 atom stereocenters. The Balaban J connectivity index is 2.15. The Labute approximate surface area is 140 Å². The molecule has 2 rings (SSSR count). The van der Waals surface area contributed by atoms with Crippen LogP contribution in [0.1, 0.15) is 23.0 Å². The highest BCUT2D eigenvalue weighted by Crippen LogP contribution is 2.19. The number of hydrogen-bond donors (Lipinski definition) is 0. The van der Waals surface area contributed by atoms with Gasteiger partial charge in [-0.2, -0.15) is 5.10 Å². The van der Waals surface area contributed by atoms with E-state index in [1.165, 1.54) is 0 Å². The minimum absolute atomic E-state index is 0.00736. The molecule has 0 radical (unpaired) electrons. The summed E-state index contributed by atoms with van der Waals surface area (Å²) in [5, 5.41) is 4.44. The summed E-state index contributed by atoms with van der Waals surface area (Å²) in [6, 6.07) is 7.59. The van der Waals surface area contributed by atoms with E-state index in [9.17, 15) is 4.79 Å². The molecular weight excluding hydrogens is 433 g/mol. The summed E-state index contributed by atoms with van der Waals surface area (Å²) >= 11 is 5.66. The van der Waals surface area contributed by atoms with Crippen LogP contribution in [-0.2, 0) is 13.1 Å². The number of amides is 1. The maximum atomic E-state index is 12.4. The number of carbonyl (C=O) groups is 1. The third-order valence-electron chi connectivity index (χ3n) is 2.95. The van der Waals surface area contributed by atoms with E-state index in [4.69, 9.17) is 0 Å². The molecule has 0 bridgehead atoms. The normalized spacial score (nSPS) is 10.6. The SMILES string of the molecule is CCn1cc(Br)c(CN(C)C(=O)c2ccccc2I)n1. The van der Waals surface area contributed by atoms with Gasteiger partial charge in [0.05, 0.1) is 22.3 Å². The molecule has 1 aromatic heterocycles. The molecule has 1 aromatic carbocycles. The largest absolute Gasteiger partial charge is 0.336 e. The Hall–Kier alpha value is -0.890. The van der Waals surface area contributed by atoms with Crippen LogP contribution in [0.2, 0.25) is 0 Å². The fraction of sp³-hybridized carbons (Fsp3) is 0.286. The second kappa shape index (κ2) is 6.71. The number of aromatic nitrogens is 2. The van der Waals surface area contributed by atoms with Gasteiger partial charge in [-0.1, -0.05) is 12.1 Å². The molecule has 106 valence electrons. The highest BCUT2D eigenvalue weighted by molar-refractivity contribution is 14.1. The van der Waals surface area contributed by atoms with E-state index < -0.39 is 0 Å². The van der Waals surface area contributed by atoms with Crippen molar-refractivity contribution in [3.63, 3.8) is 0 Å². The maximum Gasteiger partial charge on any atom is 0.255 e. The molecule has 20 heavy (non-hydrogen) atoms. The molecule has 0 aliphatic carbocycles. The molecule has 0 unspecified atom stereocenters. The van der Waals surface area contributed by atoms with E-state index in [2.05, 4.69) is 43.6 Å². The first-order valence-corrected chi connectivity index (χ1v) is 8.12. The van der Waals surface area contributed by atoms with E-state index in [1.54, 1.807) is 11.9 Å². The lowest BCUT2D eigenvalue weighted by Crippen LogP contribution is -2.27. The summed E-state index contributed by atoms with van der Waals surface area (Å²) in [6.45, 7) is 3.33. The van der Waals surface area contributed by atoms with Crippen molar-refractivity contribution in [3.05, 3.63) is 49.8 Å². The van der Waals surface area contributed by atoms with Crippen molar-refractivity contribution in [3.8, 4) is 0 Å². The van der Waals surface area contributed by atoms with Crippen LogP contribution in [0.15, 0.2) is 34.9 Å². The molecule has 0 fully saturated rings. The number of rotatable bonds is 4. The molecule has 1 amide bonds. The van der Waals surface area contributed by atoms with Crippen molar-refractivity contribution < 1.29 is 4.79 Å². The minimum Gasteiger partial charge on any atom is -0.336 e. The Kier molecular flexibility index (Phi) is 5.20. The Morgan fingerprint density at radius 2 is 2.15 bits per heavy atom. The third-order valence-corrected chi connectivity index (χ3v) is 4.55. The monoisotopic (exact) mass is 447 g/mol. The van der Waals surface area contributed by atoms with Crippen molar-refractivity contribution in [2.45, 2.75) is 20.0 Å². The van der Waals surface area contributed by atoms with Crippen LogP contribution in [0.5, 0.6) is 0 Å². The number of halogens is 2. The quantitative estimate of drug-likeness (QED) is 0.672. The highest BCUT2D eigenvalue weighted by atomic mass is 127. The Morgan fingerprint density at radius 3 is 2.75 bits per heavy atom. The molecule has 0 spiro atoms. The van der Waals surface area contributed by atoms with Crippen LogP contribution < -0.4 is 0 Å². The molecule has 6 heteroatoms. The van der Waals surface area contributed by atoms with Gasteiger partial charge in [0.1, 0.15) is 0 Å². The summed E-state index contributed by atoms with van der Waals surface area (Å²) in [5.41, 5.74) is 1.59. The molecular formula is C14H15BrIN3O. The Morgan fingerprint density at radius 1 is 1.45 bits per heavy atom. The van der Waals surface area contributed by atoms with Gasteiger partial charge in [0, 0.05) is 23.4 Å². The van der Waals surface area contributed by atoms with Crippen LogP contribution in [0.3, 0.4) is 0 Å². The zero-order valence-corrected chi connectivity index (χ0v) is 15.1. The number of hydrogen-bond acceptors (Lipinski definition) is 2. The molecule has 0 saturated carbocycles. The van der Waals surface area contributed by atoms with E-state index in [-0.39, 0.29) is 5.91 Å². The summed E-state index contributed by atoms with van der Waals surface area (Å²) < 4.78 is 3.74. The van der Waals surface area contributed by atoms with Crippen LogP contribution in [0.25, 0.3) is 0 Å². The molecule has 0 aliphatic heterocycles. The van der Waals surface area contributed by atoms with Gasteiger partial charge in [0.25, 0.3) is 5.91 Å². The fourth-order valence-electron chi connectivity index (χ4n) is 1.84. The van der Waals surface area contributed by atoms with Crippen molar-refractivity contribution >= 4 is 44.4 Å². The average molecular weight is 448 g/mol. The number of nitrogens with zero attached hydrogens (tertiary/aromatic N) is 3. The number of carbonyl (C=O) groups excluding carboxylic acids is 1. The van der Waals surface area contributed by atoms with Gasteiger partial charge in [-0.3, -0.25) is 9.48 Å². The smallest absolute Gasteiger partial charge is 0.255 e. The van der Waals surface area contributed by atoms with Gasteiger partial charge in [0.2, 0.25) is 0 Å². The molecule has 0 aliphatic rings. The van der Waals surface area contributed by atoms with Gasteiger partial charge in [-0.05, 0) is 57.6 Å². The summed E-state index contributed by atoms with van der Waals surface area (Å²) in [6.07, 6.45) is 1.93. The van der Waals surface area contributed by atoms with Crippen LogP contribution in [0.4, 0.5) is 0 Å². The predicted octanol–water partition coefficient (Wildman–Crippen LogP) is 3.54. The molecule has 0 saturated heterocycles. The average Bonchev–Trinajstić information content (AvgIpc) is 2.79. The van der Waals surface area contributed by atoms with Crippen LogP contribution in [0, 0.1) is 3.57 Å². The highest BCUT2D eigenvalue weighted by Gasteiger charge is 2.17. The topological polar surface area (TPSA) is 38.1 Å². The van der Waals surface area contributed by atoms with E-state index in [0.29, 0.717) is 6.54 Å². The van der Waals surface area contributed by atoms with Crippen molar-refractivity contribution in [1.82, 2.24) is 14.7 Å². The molecule has 1 heterocycles. The van der Waals surface area contributed by atoms with Crippen LogP contribution >= 0.6 is 38.5 Å². The maximum absolute atomic E-state index is 12.4. The lowest BCUT2D eigenvalue weighted by molar-refractivity contribution is 0.0782. The minimum atomic E-state index is 0.00736. The molecule has 4 nitrogen and oxygen atoms in total. The van der Waals surface area contributed by atoms with Crippen molar-refractivity contribution in [1.29, 1.82) is 0 Å². The summed E-state index contributed by atoms with van der Waals surface area (Å²) in [5.74, 6) is 0.00736. The second-order valence-electron chi connectivity index (χ2n) is 4.42. The van der Waals surface area contributed by atoms with Gasteiger partial charge in [-0.15, -0.1) is 0 Å². The number of benzene rings is 1. The fourth-order valence-corrected chi connectivity index (χ4v) is 2.90. The van der Waals surface area contributed by atoms with E-state index in [1.807, 2.05) is 42.1 Å². The lowest BCUT2D eigenvalue weighted by Gasteiger charge is -2.17. The van der Waals surface area contributed by atoms with E-state index >= 15 is 0 Å². The number of aryl methyl sites for hydroxylation is 1. The third kappa shape index (κ3) is 3.41. The van der Waals surface area contributed by atoms with Gasteiger partial charge in [-0.25, -0.2) is 0 Å². The Bertz CT molecular complexity index is 627. The van der Waals surface area contributed by atoms with Crippen molar-refractivity contribution in [2.75, 3.05) is 7.05 Å². The standard InChI is InChI=1S/C14H15BrIN3O/c1-3-19-8-11(15)13(17-19)9-18(2)14(20)10-6-4-5-7-12(10)16/h4-8H,3,9H2,1-2H3. The van der Waals surface area contributed by atoms with Crippen LogP contribution in [-0.4, -0.2) is 27.6 Å². The van der Waals surface area contributed by atoms with Gasteiger partial charge in [0.15, 0.2) is 0 Å². The lowest BCUT2D eigenvalue weighted by atomic mass is 10.2. The first-order valence-electron chi connectivity index (χ1n) is 6.24. The first-order chi connectivity index (χ1) is 9.52. The zero-order chi connectivity index (χ0) is 14.7. The van der Waals surface area contributed by atoms with Gasteiger partial charge < -0.3 is 4.90 Å². The predicted molar refractivity (Wildman–Crippen MR) is 90.6 cm³/mol. The van der Waals surface area contributed by atoms with E-state index in [0.717, 1.165) is 25.8 Å². The summed E-state index contributed by atoms with van der Waals surface area (Å²) in [7, 11) is 1.79. The van der Waals surface area contributed by atoms with Crippen molar-refractivity contribution in [2.24, 2.45) is 0 Å². The second-order valence-corrected chi connectivity index (χ2v) is 6.44. The first kappa shape index (κ1) is 15.5. The zero-order valence-electron chi connectivity index (χ0n) is 11.3. The molecule has 2 aromatic rings. The molecule has 0 N–H and O–H groups in total.